The third kappa shape index (κ3) is 2.06. The molecule has 5 rings (SSSR count). The van der Waals surface area contributed by atoms with E-state index in [2.05, 4.69) is 0 Å². The van der Waals surface area contributed by atoms with E-state index >= 15 is 0 Å². The highest BCUT2D eigenvalue weighted by atomic mass is 19.4. The van der Waals surface area contributed by atoms with Crippen LogP contribution in [0.1, 0.15) is 5.56 Å². The van der Waals surface area contributed by atoms with Gasteiger partial charge >= 0.3 is 6.18 Å². The number of halogens is 3. The maximum atomic E-state index is 13.0. The van der Waals surface area contributed by atoms with Crippen molar-refractivity contribution in [1.29, 1.82) is 0 Å². The zero-order valence-electron chi connectivity index (χ0n) is 13.0. The van der Waals surface area contributed by atoms with E-state index < -0.39 is 11.7 Å². The lowest BCUT2D eigenvalue weighted by molar-refractivity contribution is -0.137. The van der Waals surface area contributed by atoms with Crippen LogP contribution in [0.3, 0.4) is 0 Å². The normalized spacial score (nSPS) is 13.8. The Morgan fingerprint density at radius 1 is 0.846 bits per heavy atom. The average molecular weight is 358 g/mol. The Morgan fingerprint density at radius 3 is 2.35 bits per heavy atom. The summed E-state index contributed by atoms with van der Waals surface area (Å²) in [6, 6.07) is 9.63. The largest absolute Gasteiger partial charge is 0.455 e. The molecule has 2 heterocycles. The van der Waals surface area contributed by atoms with Gasteiger partial charge in [0.15, 0.2) is 11.5 Å². The van der Waals surface area contributed by atoms with Gasteiger partial charge in [0.25, 0.3) is 0 Å². The molecule has 1 aliphatic heterocycles. The fraction of sp³-hybridized carbons (Fsp3) is 0.105. The molecule has 0 saturated heterocycles. The van der Waals surface area contributed by atoms with Crippen LogP contribution in [0.5, 0.6) is 11.5 Å². The summed E-state index contributed by atoms with van der Waals surface area (Å²) in [4.78, 5) is 12.7. The van der Waals surface area contributed by atoms with E-state index in [-0.39, 0.29) is 28.8 Å². The van der Waals surface area contributed by atoms with Crippen molar-refractivity contribution >= 4 is 32.7 Å². The Labute approximate surface area is 143 Å². The fourth-order valence-corrected chi connectivity index (χ4v) is 3.20. The third-order valence-corrected chi connectivity index (χ3v) is 4.47. The highest BCUT2D eigenvalue weighted by Crippen LogP contribution is 2.39. The highest BCUT2D eigenvalue weighted by molar-refractivity contribution is 6.07. The molecule has 0 saturated carbocycles. The maximum Gasteiger partial charge on any atom is 0.416 e. The molecule has 0 atom stereocenters. The lowest BCUT2D eigenvalue weighted by atomic mass is 10.0. The molecular weight excluding hydrogens is 349 g/mol. The smallest absolute Gasteiger partial charge is 0.416 e. The second-order valence-corrected chi connectivity index (χ2v) is 6.01. The molecule has 0 aliphatic carbocycles. The number of fused-ring (bicyclic) bond motifs is 5. The second-order valence-electron chi connectivity index (χ2n) is 6.01. The average Bonchev–Trinajstić information content (AvgIpc) is 3.06. The standard InChI is InChI=1S/C19H9F3O4/c20-19(21,22)10-2-4-11-14(6-10)26-18-12(17(11)23)3-1-9-5-15-16(7-13(9)18)25-8-24-15/h1-7H,8H2. The van der Waals surface area contributed by atoms with Crippen molar-refractivity contribution in [2.24, 2.45) is 0 Å². The molecule has 1 aliphatic rings. The lowest BCUT2D eigenvalue weighted by Gasteiger charge is -2.09. The Bertz CT molecular complexity index is 1270. The topological polar surface area (TPSA) is 48.7 Å². The first kappa shape index (κ1) is 15.1. The third-order valence-electron chi connectivity index (χ3n) is 4.47. The molecule has 0 N–H and O–H groups in total. The molecule has 0 radical (unpaired) electrons. The van der Waals surface area contributed by atoms with Crippen LogP contribution in [-0.4, -0.2) is 6.79 Å². The molecule has 4 nitrogen and oxygen atoms in total. The van der Waals surface area contributed by atoms with Gasteiger partial charge < -0.3 is 13.9 Å². The summed E-state index contributed by atoms with van der Waals surface area (Å²) in [5.74, 6) is 1.07. The maximum absolute atomic E-state index is 13.0. The Hall–Kier alpha value is -3.22. The van der Waals surface area contributed by atoms with E-state index in [9.17, 15) is 18.0 Å². The molecule has 0 fully saturated rings. The van der Waals surface area contributed by atoms with Crippen molar-refractivity contribution in [3.05, 3.63) is 58.3 Å². The zero-order valence-corrected chi connectivity index (χ0v) is 13.0. The Balaban J connectivity index is 1.91. The molecule has 3 aromatic carbocycles. The summed E-state index contributed by atoms with van der Waals surface area (Å²) in [7, 11) is 0. The van der Waals surface area contributed by atoms with Gasteiger partial charge in [-0.15, -0.1) is 0 Å². The molecule has 1 aromatic heterocycles. The van der Waals surface area contributed by atoms with E-state index in [1.54, 1.807) is 24.3 Å². The first-order valence-corrected chi connectivity index (χ1v) is 7.72. The molecule has 4 aromatic rings. The minimum atomic E-state index is -4.52. The van der Waals surface area contributed by atoms with Gasteiger partial charge in [-0.25, -0.2) is 0 Å². The number of rotatable bonds is 0. The van der Waals surface area contributed by atoms with Crippen LogP contribution in [0.2, 0.25) is 0 Å². The Morgan fingerprint density at radius 2 is 1.58 bits per heavy atom. The number of alkyl halides is 3. The van der Waals surface area contributed by atoms with Gasteiger partial charge in [-0.05, 0) is 41.8 Å². The second kappa shape index (κ2) is 4.91. The molecule has 7 heteroatoms. The quantitative estimate of drug-likeness (QED) is 0.333. The van der Waals surface area contributed by atoms with Crippen molar-refractivity contribution in [1.82, 2.24) is 0 Å². The van der Waals surface area contributed by atoms with Gasteiger partial charge in [0.05, 0.1) is 16.3 Å². The van der Waals surface area contributed by atoms with Crippen LogP contribution in [0.25, 0.3) is 32.7 Å². The SMILES string of the molecule is O=c1c2ccc(C(F)(F)F)cc2oc2c1ccc1cc3c(cc12)OCO3. The molecule has 130 valence electrons. The molecular formula is C19H9F3O4. The van der Waals surface area contributed by atoms with Crippen LogP contribution < -0.4 is 14.9 Å². The van der Waals surface area contributed by atoms with Gasteiger partial charge in [-0.2, -0.15) is 13.2 Å². The van der Waals surface area contributed by atoms with E-state index in [1.165, 1.54) is 0 Å². The lowest BCUT2D eigenvalue weighted by Crippen LogP contribution is -2.07. The predicted molar refractivity (Wildman–Crippen MR) is 88.6 cm³/mol. The fourth-order valence-electron chi connectivity index (χ4n) is 3.20. The van der Waals surface area contributed by atoms with Gasteiger partial charge in [0, 0.05) is 5.39 Å². The van der Waals surface area contributed by atoms with E-state index in [0.29, 0.717) is 22.3 Å². The van der Waals surface area contributed by atoms with Gasteiger partial charge in [0.1, 0.15) is 11.2 Å². The van der Waals surface area contributed by atoms with E-state index in [1.807, 2.05) is 0 Å². The van der Waals surface area contributed by atoms with Crippen LogP contribution in [0.15, 0.2) is 51.7 Å². The number of hydrogen-bond acceptors (Lipinski definition) is 4. The van der Waals surface area contributed by atoms with E-state index in [4.69, 9.17) is 13.9 Å². The number of benzene rings is 3. The van der Waals surface area contributed by atoms with Crippen LogP contribution in [0.4, 0.5) is 13.2 Å². The van der Waals surface area contributed by atoms with E-state index in [0.717, 1.165) is 23.6 Å². The van der Waals surface area contributed by atoms with Crippen molar-refractivity contribution in [3.8, 4) is 11.5 Å². The summed E-state index contributed by atoms with van der Waals surface area (Å²) < 4.78 is 55.4. The van der Waals surface area contributed by atoms with Crippen molar-refractivity contribution < 1.29 is 27.1 Å². The van der Waals surface area contributed by atoms with Gasteiger partial charge in [0.2, 0.25) is 12.2 Å². The zero-order chi connectivity index (χ0) is 18.1. The minimum Gasteiger partial charge on any atom is -0.455 e. The van der Waals surface area contributed by atoms with Crippen molar-refractivity contribution in [2.45, 2.75) is 6.18 Å². The number of hydrogen-bond donors (Lipinski definition) is 0. The minimum absolute atomic E-state index is 0.0887. The van der Waals surface area contributed by atoms with Crippen LogP contribution in [-0.2, 0) is 6.18 Å². The summed E-state index contributed by atoms with van der Waals surface area (Å²) >= 11 is 0. The summed E-state index contributed by atoms with van der Waals surface area (Å²) in [6.45, 7) is 0.0887. The first-order valence-electron chi connectivity index (χ1n) is 7.72. The van der Waals surface area contributed by atoms with Crippen molar-refractivity contribution in [3.63, 3.8) is 0 Å². The first-order chi connectivity index (χ1) is 12.4. The molecule has 0 unspecified atom stereocenters. The Kier molecular flexibility index (Phi) is 2.84. The van der Waals surface area contributed by atoms with Crippen LogP contribution >= 0.6 is 0 Å². The monoisotopic (exact) mass is 358 g/mol. The van der Waals surface area contributed by atoms with Gasteiger partial charge in [-0.1, -0.05) is 6.07 Å². The number of ether oxygens (including phenoxy) is 2. The van der Waals surface area contributed by atoms with Crippen LogP contribution in [0, 0.1) is 0 Å². The molecule has 0 amide bonds. The summed E-state index contributed by atoms with van der Waals surface area (Å²) in [5.41, 5.74) is -1.14. The molecule has 0 bridgehead atoms. The predicted octanol–water partition coefficient (Wildman–Crippen LogP) is 4.85. The van der Waals surface area contributed by atoms with Gasteiger partial charge in [-0.3, -0.25) is 4.79 Å². The molecule has 0 spiro atoms. The summed E-state index contributed by atoms with van der Waals surface area (Å²) in [6.07, 6.45) is -4.52. The van der Waals surface area contributed by atoms with Crippen molar-refractivity contribution in [2.75, 3.05) is 6.79 Å². The highest BCUT2D eigenvalue weighted by Gasteiger charge is 2.31. The molecule has 26 heavy (non-hydrogen) atoms. The summed E-state index contributed by atoms with van der Waals surface area (Å²) in [5, 5.41) is 1.70.